The molecule has 2 rings (SSSR count). The first-order valence-electron chi connectivity index (χ1n) is 7.13. The van der Waals surface area contributed by atoms with Crippen molar-refractivity contribution in [3.8, 4) is 0 Å². The van der Waals surface area contributed by atoms with Crippen LogP contribution in [0.4, 0.5) is 4.39 Å². The zero-order valence-corrected chi connectivity index (χ0v) is 12.9. The summed E-state index contributed by atoms with van der Waals surface area (Å²) in [5.41, 5.74) is 6.03. The van der Waals surface area contributed by atoms with E-state index in [1.165, 1.54) is 18.2 Å². The maximum Gasteiger partial charge on any atom is 0.129 e. The Bertz CT molecular complexity index is 479. The maximum absolute atomic E-state index is 14.0. The molecule has 1 aliphatic rings. The highest BCUT2D eigenvalue weighted by Gasteiger charge is 2.43. The van der Waals surface area contributed by atoms with E-state index in [9.17, 15) is 9.50 Å². The molecule has 0 saturated heterocycles. The van der Waals surface area contributed by atoms with Crippen LogP contribution in [0, 0.1) is 16.6 Å². The fourth-order valence-electron chi connectivity index (χ4n) is 3.07. The number of halogens is 2. The van der Waals surface area contributed by atoms with Gasteiger partial charge in [-0.05, 0) is 49.3 Å². The summed E-state index contributed by atoms with van der Waals surface area (Å²) < 4.78 is 14.0. The lowest BCUT2D eigenvalue weighted by atomic mass is 9.62. The molecule has 0 radical (unpaired) electrons. The lowest BCUT2D eigenvalue weighted by Gasteiger charge is -2.45. The Morgan fingerprint density at radius 2 is 1.90 bits per heavy atom. The molecule has 1 aromatic rings. The van der Waals surface area contributed by atoms with E-state index in [0.717, 1.165) is 25.7 Å². The topological polar surface area (TPSA) is 46.2 Å². The molecule has 0 amide bonds. The van der Waals surface area contributed by atoms with E-state index in [1.54, 1.807) is 0 Å². The van der Waals surface area contributed by atoms with Gasteiger partial charge in [0.25, 0.3) is 0 Å². The van der Waals surface area contributed by atoms with Crippen molar-refractivity contribution in [2.75, 3.05) is 6.54 Å². The SMILES string of the molecule is CC1(C)CCC(CN)(C(O)c2cc(Cl)ccc2F)CC1. The van der Waals surface area contributed by atoms with Crippen molar-refractivity contribution in [2.45, 2.75) is 45.6 Å². The van der Waals surface area contributed by atoms with Crippen LogP contribution in [-0.2, 0) is 0 Å². The minimum atomic E-state index is -0.901. The smallest absolute Gasteiger partial charge is 0.129 e. The molecule has 1 aromatic carbocycles. The zero-order valence-electron chi connectivity index (χ0n) is 12.1. The van der Waals surface area contributed by atoms with Crippen LogP contribution >= 0.6 is 11.6 Å². The summed E-state index contributed by atoms with van der Waals surface area (Å²) in [7, 11) is 0. The van der Waals surface area contributed by atoms with E-state index < -0.39 is 17.3 Å². The first kappa shape index (κ1) is 15.7. The third kappa shape index (κ3) is 3.00. The molecule has 1 saturated carbocycles. The highest BCUT2D eigenvalue weighted by atomic mass is 35.5. The van der Waals surface area contributed by atoms with Crippen LogP contribution in [0.25, 0.3) is 0 Å². The first-order chi connectivity index (χ1) is 9.30. The van der Waals surface area contributed by atoms with Crippen LogP contribution in [0.2, 0.25) is 5.02 Å². The van der Waals surface area contributed by atoms with Crippen LogP contribution < -0.4 is 5.73 Å². The van der Waals surface area contributed by atoms with Gasteiger partial charge in [-0.2, -0.15) is 0 Å². The van der Waals surface area contributed by atoms with E-state index in [1.807, 2.05) is 0 Å². The Hall–Kier alpha value is -0.640. The summed E-state index contributed by atoms with van der Waals surface area (Å²) in [4.78, 5) is 0. The second-order valence-electron chi connectivity index (χ2n) is 6.80. The predicted molar refractivity (Wildman–Crippen MR) is 80.1 cm³/mol. The van der Waals surface area contributed by atoms with Gasteiger partial charge in [0, 0.05) is 22.5 Å². The van der Waals surface area contributed by atoms with E-state index in [2.05, 4.69) is 13.8 Å². The third-order valence-corrected chi connectivity index (χ3v) is 5.07. The van der Waals surface area contributed by atoms with Crippen molar-refractivity contribution in [3.05, 3.63) is 34.6 Å². The fraction of sp³-hybridized carbons (Fsp3) is 0.625. The summed E-state index contributed by atoms with van der Waals surface area (Å²) in [5.74, 6) is -0.417. The van der Waals surface area contributed by atoms with Crippen molar-refractivity contribution in [1.29, 1.82) is 0 Å². The molecule has 2 nitrogen and oxygen atoms in total. The Morgan fingerprint density at radius 1 is 1.30 bits per heavy atom. The standard InChI is InChI=1S/C16H23ClFNO/c1-15(2)5-7-16(10-19,8-6-15)14(20)12-9-11(17)3-4-13(12)18/h3-4,9,14,20H,5-8,10,19H2,1-2H3. The van der Waals surface area contributed by atoms with E-state index >= 15 is 0 Å². The number of rotatable bonds is 3. The molecule has 20 heavy (non-hydrogen) atoms. The summed E-state index contributed by atoms with van der Waals surface area (Å²) in [6.07, 6.45) is 2.70. The normalized spacial score (nSPS) is 22.5. The van der Waals surface area contributed by atoms with Crippen LogP contribution in [0.15, 0.2) is 18.2 Å². The van der Waals surface area contributed by atoms with Gasteiger partial charge in [-0.15, -0.1) is 0 Å². The lowest BCUT2D eigenvalue weighted by Crippen LogP contribution is -2.42. The fourth-order valence-corrected chi connectivity index (χ4v) is 3.25. The molecule has 4 heteroatoms. The van der Waals surface area contributed by atoms with Gasteiger partial charge in [0.05, 0.1) is 6.10 Å². The van der Waals surface area contributed by atoms with Gasteiger partial charge in [-0.1, -0.05) is 25.4 Å². The van der Waals surface area contributed by atoms with E-state index in [4.69, 9.17) is 17.3 Å². The second kappa shape index (κ2) is 5.63. The van der Waals surface area contributed by atoms with Gasteiger partial charge in [0.15, 0.2) is 0 Å². The molecule has 1 atom stereocenters. The monoisotopic (exact) mass is 299 g/mol. The van der Waals surface area contributed by atoms with Crippen LogP contribution in [0.5, 0.6) is 0 Å². The number of aliphatic hydroxyl groups is 1. The predicted octanol–water partition coefficient (Wildman–Crippen LogP) is 4.06. The number of aliphatic hydroxyl groups excluding tert-OH is 1. The molecular weight excluding hydrogens is 277 g/mol. The molecule has 1 aliphatic carbocycles. The molecular formula is C16H23ClFNO. The Kier molecular flexibility index (Phi) is 4.43. The minimum absolute atomic E-state index is 0.266. The molecule has 0 heterocycles. The third-order valence-electron chi connectivity index (χ3n) is 4.84. The minimum Gasteiger partial charge on any atom is -0.388 e. The molecule has 0 spiro atoms. The highest BCUT2D eigenvalue weighted by molar-refractivity contribution is 6.30. The van der Waals surface area contributed by atoms with Gasteiger partial charge in [-0.25, -0.2) is 4.39 Å². The van der Waals surface area contributed by atoms with Crippen LogP contribution in [0.3, 0.4) is 0 Å². The summed E-state index contributed by atoms with van der Waals surface area (Å²) in [6.45, 7) is 4.80. The Balaban J connectivity index is 2.30. The lowest BCUT2D eigenvalue weighted by molar-refractivity contribution is -0.0253. The highest BCUT2D eigenvalue weighted by Crippen LogP contribution is 2.51. The van der Waals surface area contributed by atoms with E-state index in [-0.39, 0.29) is 11.0 Å². The van der Waals surface area contributed by atoms with Gasteiger partial charge < -0.3 is 10.8 Å². The van der Waals surface area contributed by atoms with Crippen molar-refractivity contribution < 1.29 is 9.50 Å². The van der Waals surface area contributed by atoms with Crippen molar-refractivity contribution in [2.24, 2.45) is 16.6 Å². The molecule has 1 unspecified atom stereocenters. The maximum atomic E-state index is 14.0. The first-order valence-corrected chi connectivity index (χ1v) is 7.51. The number of hydrogen-bond donors (Lipinski definition) is 2. The number of nitrogens with two attached hydrogens (primary N) is 1. The van der Waals surface area contributed by atoms with Gasteiger partial charge in [0.2, 0.25) is 0 Å². The molecule has 0 bridgehead atoms. The largest absolute Gasteiger partial charge is 0.388 e. The molecule has 3 N–H and O–H groups in total. The Labute approximate surface area is 125 Å². The van der Waals surface area contributed by atoms with Crippen molar-refractivity contribution in [3.63, 3.8) is 0 Å². The summed E-state index contributed by atoms with van der Waals surface area (Å²) in [6, 6.07) is 4.31. The van der Waals surface area contributed by atoms with Gasteiger partial charge in [0.1, 0.15) is 5.82 Å². The molecule has 0 aliphatic heterocycles. The van der Waals surface area contributed by atoms with Gasteiger partial charge >= 0.3 is 0 Å². The van der Waals surface area contributed by atoms with Crippen LogP contribution in [0.1, 0.15) is 51.2 Å². The second-order valence-corrected chi connectivity index (χ2v) is 7.24. The van der Waals surface area contributed by atoms with Crippen LogP contribution in [-0.4, -0.2) is 11.7 Å². The van der Waals surface area contributed by atoms with Crippen molar-refractivity contribution >= 4 is 11.6 Å². The molecule has 1 fully saturated rings. The summed E-state index contributed by atoms with van der Waals surface area (Å²) in [5, 5.41) is 11.1. The van der Waals surface area contributed by atoms with Gasteiger partial charge in [-0.3, -0.25) is 0 Å². The number of benzene rings is 1. The molecule has 0 aromatic heterocycles. The quantitative estimate of drug-likeness (QED) is 0.884. The van der Waals surface area contributed by atoms with E-state index in [0.29, 0.717) is 11.6 Å². The zero-order chi connectivity index (χ0) is 15.0. The average molecular weight is 300 g/mol. The average Bonchev–Trinajstić information content (AvgIpc) is 2.41. The summed E-state index contributed by atoms with van der Waals surface area (Å²) >= 11 is 5.92. The number of hydrogen-bond acceptors (Lipinski definition) is 2. The molecule has 112 valence electrons. The van der Waals surface area contributed by atoms with Crippen molar-refractivity contribution in [1.82, 2.24) is 0 Å². The Morgan fingerprint density at radius 3 is 2.45 bits per heavy atom.